The highest BCUT2D eigenvalue weighted by Gasteiger charge is 2.07. The lowest BCUT2D eigenvalue weighted by atomic mass is 10.1. The average Bonchev–Trinajstić information content (AvgIpc) is 2.42. The van der Waals surface area contributed by atoms with Gasteiger partial charge in [0.25, 0.3) is 5.91 Å². The minimum atomic E-state index is -0.163. The van der Waals surface area contributed by atoms with E-state index in [4.69, 9.17) is 10.5 Å². The number of anilines is 1. The topological polar surface area (TPSA) is 64.3 Å². The Hall–Kier alpha value is -1.97. The van der Waals surface area contributed by atoms with E-state index in [0.29, 0.717) is 30.2 Å². The first-order valence-corrected chi connectivity index (χ1v) is 6.60. The van der Waals surface area contributed by atoms with Gasteiger partial charge in [0.15, 0.2) is 0 Å². The molecule has 0 atom stereocenters. The molecule has 0 fully saturated rings. The maximum atomic E-state index is 11.7. The summed E-state index contributed by atoms with van der Waals surface area (Å²) in [4.78, 5) is 11.7. The molecule has 0 aliphatic carbocycles. The third kappa shape index (κ3) is 5.04. The summed E-state index contributed by atoms with van der Waals surface area (Å²) in [6, 6.07) is 5.08. The van der Waals surface area contributed by atoms with Gasteiger partial charge in [0.1, 0.15) is 5.75 Å². The van der Waals surface area contributed by atoms with Crippen LogP contribution < -0.4 is 15.8 Å². The van der Waals surface area contributed by atoms with Crippen molar-refractivity contribution in [3.05, 3.63) is 36.4 Å². The van der Waals surface area contributed by atoms with Gasteiger partial charge in [-0.2, -0.15) is 0 Å². The zero-order chi connectivity index (χ0) is 14.1. The number of hydrogen-bond donors (Lipinski definition) is 2. The summed E-state index contributed by atoms with van der Waals surface area (Å²) in [6.45, 7) is 6.78. The average molecular weight is 262 g/mol. The largest absolute Gasteiger partial charge is 0.491 e. The first-order chi connectivity index (χ1) is 9.19. The molecular formula is C15H22N2O2. The second kappa shape index (κ2) is 8.19. The van der Waals surface area contributed by atoms with Crippen molar-refractivity contribution in [1.82, 2.24) is 5.32 Å². The summed E-state index contributed by atoms with van der Waals surface area (Å²) < 4.78 is 5.58. The van der Waals surface area contributed by atoms with Gasteiger partial charge in [0.05, 0.1) is 12.3 Å². The van der Waals surface area contributed by atoms with Gasteiger partial charge in [-0.1, -0.05) is 25.8 Å². The fraction of sp³-hybridized carbons (Fsp3) is 0.400. The molecule has 19 heavy (non-hydrogen) atoms. The molecule has 0 aliphatic rings. The monoisotopic (exact) mass is 262 g/mol. The van der Waals surface area contributed by atoms with Crippen LogP contribution in [0.4, 0.5) is 5.69 Å². The molecule has 0 saturated heterocycles. The Morgan fingerprint density at radius 2 is 2.26 bits per heavy atom. The van der Waals surface area contributed by atoms with E-state index in [0.717, 1.165) is 19.3 Å². The number of unbranched alkanes of at least 4 members (excludes halogenated alkanes) is 2. The number of amides is 1. The second-order valence-corrected chi connectivity index (χ2v) is 4.31. The molecule has 0 spiro atoms. The predicted octanol–water partition coefficient (Wildman–Crippen LogP) is 2.75. The van der Waals surface area contributed by atoms with Gasteiger partial charge in [0.2, 0.25) is 0 Å². The Kier molecular flexibility index (Phi) is 6.50. The van der Waals surface area contributed by atoms with Crippen LogP contribution in [-0.2, 0) is 0 Å². The van der Waals surface area contributed by atoms with Crippen molar-refractivity contribution in [2.24, 2.45) is 0 Å². The Bertz CT molecular complexity index is 430. The number of rotatable bonds is 8. The Morgan fingerprint density at radius 3 is 2.89 bits per heavy atom. The number of nitrogens with two attached hydrogens (primary N) is 1. The first kappa shape index (κ1) is 15.1. The van der Waals surface area contributed by atoms with Crippen LogP contribution in [0.3, 0.4) is 0 Å². The van der Waals surface area contributed by atoms with Crippen molar-refractivity contribution in [1.29, 1.82) is 0 Å². The van der Waals surface area contributed by atoms with E-state index in [-0.39, 0.29) is 5.91 Å². The number of carbonyl (C=O) groups is 1. The smallest absolute Gasteiger partial charge is 0.251 e. The molecule has 0 aromatic heterocycles. The van der Waals surface area contributed by atoms with Gasteiger partial charge < -0.3 is 15.8 Å². The number of hydrogen-bond acceptors (Lipinski definition) is 3. The molecule has 1 aromatic rings. The molecule has 1 rings (SSSR count). The van der Waals surface area contributed by atoms with Crippen LogP contribution in [0.5, 0.6) is 5.75 Å². The summed E-state index contributed by atoms with van der Waals surface area (Å²) >= 11 is 0. The SMILES string of the molecule is C=CCNC(=O)c1ccc(OCCCCC)c(N)c1. The highest BCUT2D eigenvalue weighted by Crippen LogP contribution is 2.22. The first-order valence-electron chi connectivity index (χ1n) is 6.60. The van der Waals surface area contributed by atoms with Crippen molar-refractivity contribution in [3.63, 3.8) is 0 Å². The number of ether oxygens (including phenoxy) is 1. The van der Waals surface area contributed by atoms with E-state index in [1.54, 1.807) is 24.3 Å². The van der Waals surface area contributed by atoms with Crippen molar-refractivity contribution in [2.75, 3.05) is 18.9 Å². The normalized spacial score (nSPS) is 9.95. The molecule has 4 heteroatoms. The zero-order valence-corrected chi connectivity index (χ0v) is 11.4. The Morgan fingerprint density at radius 1 is 1.47 bits per heavy atom. The van der Waals surface area contributed by atoms with Gasteiger partial charge in [-0.15, -0.1) is 6.58 Å². The quantitative estimate of drug-likeness (QED) is 0.430. The molecular weight excluding hydrogens is 240 g/mol. The highest BCUT2D eigenvalue weighted by atomic mass is 16.5. The van der Waals surface area contributed by atoms with Gasteiger partial charge in [-0.3, -0.25) is 4.79 Å². The number of nitrogen functional groups attached to an aromatic ring is 1. The maximum absolute atomic E-state index is 11.7. The van der Waals surface area contributed by atoms with Crippen LogP contribution in [0.15, 0.2) is 30.9 Å². The molecule has 0 unspecified atom stereocenters. The zero-order valence-electron chi connectivity index (χ0n) is 11.4. The van der Waals surface area contributed by atoms with E-state index in [9.17, 15) is 4.79 Å². The fourth-order valence-electron chi connectivity index (χ4n) is 1.62. The molecule has 1 aromatic carbocycles. The van der Waals surface area contributed by atoms with Gasteiger partial charge in [0, 0.05) is 12.1 Å². The van der Waals surface area contributed by atoms with E-state index < -0.39 is 0 Å². The molecule has 0 saturated carbocycles. The summed E-state index contributed by atoms with van der Waals surface area (Å²) in [7, 11) is 0. The van der Waals surface area contributed by atoms with Crippen molar-refractivity contribution in [2.45, 2.75) is 26.2 Å². The summed E-state index contributed by atoms with van der Waals surface area (Å²) in [5, 5.41) is 2.70. The Labute approximate surface area is 114 Å². The number of carbonyl (C=O) groups excluding carboxylic acids is 1. The molecule has 0 radical (unpaired) electrons. The molecule has 1 amide bonds. The minimum absolute atomic E-state index is 0.163. The van der Waals surface area contributed by atoms with Crippen molar-refractivity contribution < 1.29 is 9.53 Å². The summed E-state index contributed by atoms with van der Waals surface area (Å²) in [5.74, 6) is 0.473. The van der Waals surface area contributed by atoms with Crippen LogP contribution in [-0.4, -0.2) is 19.1 Å². The second-order valence-electron chi connectivity index (χ2n) is 4.31. The van der Waals surface area contributed by atoms with Crippen LogP contribution in [0.25, 0.3) is 0 Å². The van der Waals surface area contributed by atoms with E-state index in [1.165, 1.54) is 0 Å². The lowest BCUT2D eigenvalue weighted by molar-refractivity contribution is 0.0958. The molecule has 0 bridgehead atoms. The molecule has 3 N–H and O–H groups in total. The molecule has 0 heterocycles. The third-order valence-electron chi connectivity index (χ3n) is 2.68. The Balaban J connectivity index is 2.58. The van der Waals surface area contributed by atoms with E-state index >= 15 is 0 Å². The van der Waals surface area contributed by atoms with Crippen molar-refractivity contribution >= 4 is 11.6 Å². The maximum Gasteiger partial charge on any atom is 0.251 e. The van der Waals surface area contributed by atoms with Gasteiger partial charge >= 0.3 is 0 Å². The standard InChI is InChI=1S/C15H22N2O2/c1-3-5-6-10-19-14-8-7-12(11-13(14)16)15(18)17-9-4-2/h4,7-8,11H,2-3,5-6,9-10,16H2,1H3,(H,17,18). The minimum Gasteiger partial charge on any atom is -0.491 e. The van der Waals surface area contributed by atoms with Gasteiger partial charge in [-0.25, -0.2) is 0 Å². The van der Waals surface area contributed by atoms with Crippen LogP contribution >= 0.6 is 0 Å². The summed E-state index contributed by atoms with van der Waals surface area (Å²) in [5.41, 5.74) is 6.89. The van der Waals surface area contributed by atoms with Crippen LogP contribution in [0.2, 0.25) is 0 Å². The lowest BCUT2D eigenvalue weighted by Crippen LogP contribution is -2.23. The van der Waals surface area contributed by atoms with Crippen LogP contribution in [0, 0.1) is 0 Å². The summed E-state index contributed by atoms with van der Waals surface area (Å²) in [6.07, 6.45) is 4.94. The fourth-order valence-corrected chi connectivity index (χ4v) is 1.62. The molecule has 4 nitrogen and oxygen atoms in total. The predicted molar refractivity (Wildman–Crippen MR) is 78.4 cm³/mol. The third-order valence-corrected chi connectivity index (χ3v) is 2.68. The van der Waals surface area contributed by atoms with Crippen LogP contribution in [0.1, 0.15) is 36.5 Å². The molecule has 0 aliphatic heterocycles. The molecule has 104 valence electrons. The van der Waals surface area contributed by atoms with Gasteiger partial charge in [-0.05, 0) is 24.6 Å². The van der Waals surface area contributed by atoms with E-state index in [1.807, 2.05) is 0 Å². The van der Waals surface area contributed by atoms with Crippen molar-refractivity contribution in [3.8, 4) is 5.75 Å². The highest BCUT2D eigenvalue weighted by molar-refractivity contribution is 5.95. The lowest BCUT2D eigenvalue weighted by Gasteiger charge is -2.10. The number of benzene rings is 1. The van der Waals surface area contributed by atoms with E-state index in [2.05, 4.69) is 18.8 Å². The number of nitrogens with one attached hydrogen (secondary N) is 1.